The highest BCUT2D eigenvalue weighted by Crippen LogP contribution is 2.27. The summed E-state index contributed by atoms with van der Waals surface area (Å²) in [5.41, 5.74) is 10.5. The average Bonchev–Trinajstić information content (AvgIpc) is 2.72. The van der Waals surface area contributed by atoms with Crippen molar-refractivity contribution in [3.63, 3.8) is 0 Å². The summed E-state index contributed by atoms with van der Waals surface area (Å²) >= 11 is 0. The van der Waals surface area contributed by atoms with Crippen molar-refractivity contribution >= 4 is 28.3 Å². The van der Waals surface area contributed by atoms with Crippen LogP contribution in [0.3, 0.4) is 0 Å². The third kappa shape index (κ3) is 4.66. The number of carbonyl (C=O) groups excluding carboxylic acids is 1. The number of carbonyl (C=O) groups is 1. The Kier molecular flexibility index (Phi) is 5.62. The molecule has 6 nitrogen and oxygen atoms in total. The minimum absolute atomic E-state index is 0.530. The lowest BCUT2D eigenvalue weighted by Crippen LogP contribution is -2.47. The van der Waals surface area contributed by atoms with Gasteiger partial charge in [-0.1, -0.05) is 18.2 Å². The molecule has 3 aromatic rings. The van der Waals surface area contributed by atoms with Crippen molar-refractivity contribution in [2.24, 2.45) is 5.73 Å². The van der Waals surface area contributed by atoms with Crippen molar-refractivity contribution in [2.75, 3.05) is 42.9 Å². The maximum atomic E-state index is 11.0. The van der Waals surface area contributed by atoms with E-state index in [1.807, 2.05) is 25.1 Å². The summed E-state index contributed by atoms with van der Waals surface area (Å²) in [5, 5.41) is 3.87. The lowest BCUT2D eigenvalue weighted by Gasteiger charge is -2.36. The molecule has 0 spiro atoms. The summed E-state index contributed by atoms with van der Waals surface area (Å²) in [7, 11) is 0. The number of piperazine rings is 1. The highest BCUT2D eigenvalue weighted by atomic mass is 16.2. The largest absolute Gasteiger partial charge is 0.368 e. The summed E-state index contributed by atoms with van der Waals surface area (Å²) in [5.74, 6) is 0. The van der Waals surface area contributed by atoms with E-state index in [1.165, 1.54) is 16.6 Å². The number of nitrogens with zero attached hydrogens (tertiary/aromatic N) is 3. The molecule has 1 aliphatic rings. The van der Waals surface area contributed by atoms with Crippen LogP contribution in [0.15, 0.2) is 54.6 Å². The van der Waals surface area contributed by atoms with E-state index in [9.17, 15) is 4.79 Å². The molecule has 1 saturated heterocycles. The number of anilines is 2. The number of hydrogen-bond donors (Lipinski definition) is 2. The number of pyridine rings is 1. The first-order chi connectivity index (χ1) is 14.1. The quantitative estimate of drug-likeness (QED) is 0.701. The molecule has 0 radical (unpaired) electrons. The van der Waals surface area contributed by atoms with E-state index in [2.05, 4.69) is 56.5 Å². The van der Waals surface area contributed by atoms with E-state index in [4.69, 9.17) is 5.73 Å². The van der Waals surface area contributed by atoms with Crippen molar-refractivity contribution in [1.29, 1.82) is 0 Å². The SMILES string of the molecule is Cc1ccc2c(N3CCN(CCc4cccc(NC(N)=O)c4)CC3)cccc2n1. The first kappa shape index (κ1) is 19.2. The Morgan fingerprint density at radius 1 is 1.07 bits per heavy atom. The van der Waals surface area contributed by atoms with Gasteiger partial charge in [-0.2, -0.15) is 0 Å². The van der Waals surface area contributed by atoms with Gasteiger partial charge in [-0.15, -0.1) is 0 Å². The molecule has 4 rings (SSSR count). The van der Waals surface area contributed by atoms with E-state index in [0.717, 1.165) is 56.0 Å². The van der Waals surface area contributed by atoms with Gasteiger partial charge >= 0.3 is 6.03 Å². The third-order valence-corrected chi connectivity index (χ3v) is 5.47. The molecule has 1 aliphatic heterocycles. The molecule has 0 atom stereocenters. The van der Waals surface area contributed by atoms with E-state index in [-0.39, 0.29) is 0 Å². The van der Waals surface area contributed by atoms with Crippen LogP contribution >= 0.6 is 0 Å². The predicted octanol–water partition coefficient (Wildman–Crippen LogP) is 3.40. The zero-order valence-corrected chi connectivity index (χ0v) is 16.8. The molecule has 2 heterocycles. The normalized spacial score (nSPS) is 14.9. The third-order valence-electron chi connectivity index (χ3n) is 5.47. The van der Waals surface area contributed by atoms with Crippen LogP contribution in [0.25, 0.3) is 10.9 Å². The smallest absolute Gasteiger partial charge is 0.316 e. The van der Waals surface area contributed by atoms with Gasteiger partial charge < -0.3 is 16.0 Å². The highest BCUT2D eigenvalue weighted by Gasteiger charge is 2.18. The van der Waals surface area contributed by atoms with E-state index >= 15 is 0 Å². The monoisotopic (exact) mass is 389 g/mol. The number of primary amides is 1. The topological polar surface area (TPSA) is 74.5 Å². The lowest BCUT2D eigenvalue weighted by atomic mass is 10.1. The number of rotatable bonds is 5. The maximum Gasteiger partial charge on any atom is 0.316 e. The Labute approximate surface area is 171 Å². The van der Waals surface area contributed by atoms with E-state index in [1.54, 1.807) is 0 Å². The molecule has 2 amide bonds. The first-order valence-electron chi connectivity index (χ1n) is 10.1. The number of aryl methyl sites for hydroxylation is 1. The van der Waals surface area contributed by atoms with Crippen LogP contribution in [-0.2, 0) is 6.42 Å². The standard InChI is InChI=1S/C23H27N5O/c1-17-8-9-20-21(25-17)6-3-7-22(20)28-14-12-27(13-15-28)11-10-18-4-2-5-19(16-18)26-23(24)29/h2-9,16H,10-15H2,1H3,(H3,24,26,29). The number of urea groups is 1. The molecule has 2 aromatic carbocycles. The second kappa shape index (κ2) is 8.49. The van der Waals surface area contributed by atoms with Crippen LogP contribution < -0.4 is 16.0 Å². The molecule has 1 fully saturated rings. The number of fused-ring (bicyclic) bond motifs is 1. The van der Waals surface area contributed by atoms with Gasteiger partial charge in [0.2, 0.25) is 0 Å². The molecule has 0 bridgehead atoms. The van der Waals surface area contributed by atoms with Crippen LogP contribution in [0.4, 0.5) is 16.2 Å². The van der Waals surface area contributed by atoms with Gasteiger partial charge in [-0.05, 0) is 55.3 Å². The van der Waals surface area contributed by atoms with Crippen LogP contribution in [-0.4, -0.2) is 48.6 Å². The second-order valence-corrected chi connectivity index (χ2v) is 7.56. The van der Waals surface area contributed by atoms with Crippen molar-refractivity contribution in [3.8, 4) is 0 Å². The lowest BCUT2D eigenvalue weighted by molar-refractivity contribution is 0.259. The van der Waals surface area contributed by atoms with Gasteiger partial charge in [0.15, 0.2) is 0 Å². The maximum absolute atomic E-state index is 11.0. The number of nitrogens with one attached hydrogen (secondary N) is 1. The van der Waals surface area contributed by atoms with Crippen LogP contribution in [0.2, 0.25) is 0 Å². The van der Waals surface area contributed by atoms with Gasteiger partial charge in [0.05, 0.1) is 5.52 Å². The van der Waals surface area contributed by atoms with Gasteiger partial charge in [0.25, 0.3) is 0 Å². The molecule has 0 saturated carbocycles. The fourth-order valence-corrected chi connectivity index (χ4v) is 3.96. The molecule has 0 aliphatic carbocycles. The minimum Gasteiger partial charge on any atom is -0.368 e. The molecular formula is C23H27N5O. The Balaban J connectivity index is 1.35. The van der Waals surface area contributed by atoms with Gasteiger partial charge in [0.1, 0.15) is 0 Å². The molecule has 1 aromatic heterocycles. The molecule has 0 unspecified atom stereocenters. The zero-order valence-electron chi connectivity index (χ0n) is 16.8. The van der Waals surface area contributed by atoms with Gasteiger partial charge in [-0.3, -0.25) is 9.88 Å². The Morgan fingerprint density at radius 3 is 2.66 bits per heavy atom. The molecule has 150 valence electrons. The molecule has 6 heteroatoms. The molecular weight excluding hydrogens is 362 g/mol. The number of nitrogens with two attached hydrogens (primary N) is 1. The fraction of sp³-hybridized carbons (Fsp3) is 0.304. The number of benzene rings is 2. The van der Waals surface area contributed by atoms with E-state index < -0.39 is 6.03 Å². The van der Waals surface area contributed by atoms with Gasteiger partial charge in [-0.25, -0.2) is 4.79 Å². The molecule has 3 N–H and O–H groups in total. The van der Waals surface area contributed by atoms with Crippen molar-refractivity contribution in [3.05, 3.63) is 65.9 Å². The van der Waals surface area contributed by atoms with Crippen molar-refractivity contribution in [2.45, 2.75) is 13.3 Å². The summed E-state index contributed by atoms with van der Waals surface area (Å²) in [4.78, 5) is 20.7. The van der Waals surface area contributed by atoms with E-state index in [0.29, 0.717) is 0 Å². The summed E-state index contributed by atoms with van der Waals surface area (Å²) in [6.07, 6.45) is 0.950. The van der Waals surface area contributed by atoms with Crippen LogP contribution in [0.1, 0.15) is 11.3 Å². The predicted molar refractivity (Wildman–Crippen MR) is 118 cm³/mol. The van der Waals surface area contributed by atoms with Crippen molar-refractivity contribution < 1.29 is 4.79 Å². The summed E-state index contributed by atoms with van der Waals surface area (Å²) < 4.78 is 0. The Morgan fingerprint density at radius 2 is 1.86 bits per heavy atom. The number of amides is 2. The van der Waals surface area contributed by atoms with Crippen molar-refractivity contribution in [1.82, 2.24) is 9.88 Å². The fourth-order valence-electron chi connectivity index (χ4n) is 3.96. The first-order valence-corrected chi connectivity index (χ1v) is 10.1. The van der Waals surface area contributed by atoms with Gasteiger partial charge in [0, 0.05) is 55.2 Å². The molecule has 29 heavy (non-hydrogen) atoms. The summed E-state index contributed by atoms with van der Waals surface area (Å²) in [6, 6.07) is 18.0. The summed E-state index contributed by atoms with van der Waals surface area (Å²) in [6.45, 7) is 7.13. The van der Waals surface area contributed by atoms with Crippen LogP contribution in [0.5, 0.6) is 0 Å². The Bertz CT molecular complexity index is 1010. The average molecular weight is 390 g/mol. The van der Waals surface area contributed by atoms with Crippen LogP contribution in [0, 0.1) is 6.92 Å². The number of aromatic nitrogens is 1. The highest BCUT2D eigenvalue weighted by molar-refractivity contribution is 5.92. The Hall–Kier alpha value is -3.12. The number of hydrogen-bond acceptors (Lipinski definition) is 4. The second-order valence-electron chi connectivity index (χ2n) is 7.56. The minimum atomic E-state index is -0.530. The zero-order chi connectivity index (χ0) is 20.2.